The Bertz CT molecular complexity index is 3570. The van der Waals surface area contributed by atoms with Crippen LogP contribution in [0.4, 0.5) is 0 Å². The number of para-hydroxylation sites is 1. The third-order valence-corrected chi connectivity index (χ3v) is 12.8. The molecule has 65 heavy (non-hydrogen) atoms. The third kappa shape index (κ3) is 6.27. The molecule has 0 fully saturated rings. The van der Waals surface area contributed by atoms with Crippen molar-refractivity contribution in [2.45, 2.75) is 11.8 Å². The molecule has 0 aliphatic heterocycles. The molecule has 0 N–H and O–H groups in total. The van der Waals surface area contributed by atoms with E-state index in [2.05, 4.69) is 91.0 Å². The minimum absolute atomic E-state index is 0.0182. The Balaban J connectivity index is 0.928. The van der Waals surface area contributed by atoms with E-state index in [-0.39, 0.29) is 11.8 Å². The fourth-order valence-electron chi connectivity index (χ4n) is 9.81. The maximum atomic E-state index is 5.93. The molecule has 2 atom stereocenters. The molecular formula is C58H36N6O. The number of benzene rings is 8. The Hall–Kier alpha value is -8.68. The lowest BCUT2D eigenvalue weighted by Crippen LogP contribution is -2.27. The minimum Gasteiger partial charge on any atom is -0.464 e. The summed E-state index contributed by atoms with van der Waals surface area (Å²) in [5.74, 6) is 3.83. The van der Waals surface area contributed by atoms with E-state index in [9.17, 15) is 0 Å². The van der Waals surface area contributed by atoms with Gasteiger partial charge < -0.3 is 4.42 Å². The Labute approximate surface area is 374 Å². The number of nitrogens with zero attached hydrogens (tertiary/aromatic N) is 6. The molecule has 8 aromatic carbocycles. The van der Waals surface area contributed by atoms with Crippen LogP contribution in [0, 0.1) is 0 Å². The van der Waals surface area contributed by atoms with Gasteiger partial charge >= 0.3 is 0 Å². The molecule has 2 bridgehead atoms. The molecule has 7 nitrogen and oxygen atoms in total. The Kier molecular flexibility index (Phi) is 8.52. The molecule has 3 aliphatic rings. The summed E-state index contributed by atoms with van der Waals surface area (Å²) in [7, 11) is 0. The van der Waals surface area contributed by atoms with E-state index in [1.54, 1.807) is 0 Å². The molecule has 0 saturated carbocycles. The maximum Gasteiger partial charge on any atom is 0.164 e. The molecule has 304 valence electrons. The second-order valence-electron chi connectivity index (χ2n) is 16.6. The highest BCUT2D eigenvalue weighted by molar-refractivity contribution is 5.94. The molecule has 3 heterocycles. The highest BCUT2D eigenvalue weighted by Gasteiger charge is 2.41. The second-order valence-corrected chi connectivity index (χ2v) is 16.6. The van der Waals surface area contributed by atoms with Crippen molar-refractivity contribution in [3.05, 3.63) is 240 Å². The standard InChI is InChI=1S/C58H36N6O/c1-4-15-35(16-5-1)53-59-54(36-17-6-2-7-18-36)62-57(61-53)40-27-29-45-47(32-40)51-43-24-10-11-25-44(43)52(45)48-33-41(28-30-46(48)51)58-63-55(37-19-8-3-9-20-37)60-56(64-58)39-22-14-21-38(31-39)49-34-65-50-26-13-12-23-42(49)50/h1-34,51-52H. The van der Waals surface area contributed by atoms with E-state index in [1.807, 2.05) is 115 Å². The monoisotopic (exact) mass is 832 g/mol. The quantitative estimate of drug-likeness (QED) is 0.158. The second kappa shape index (κ2) is 15.0. The van der Waals surface area contributed by atoms with Crippen molar-refractivity contribution in [2.24, 2.45) is 0 Å². The molecular weight excluding hydrogens is 797 g/mol. The van der Waals surface area contributed by atoms with Gasteiger partial charge in [0.15, 0.2) is 34.9 Å². The van der Waals surface area contributed by atoms with Gasteiger partial charge in [0, 0.05) is 56.2 Å². The van der Waals surface area contributed by atoms with Crippen LogP contribution in [-0.4, -0.2) is 29.9 Å². The first-order valence-corrected chi connectivity index (χ1v) is 21.8. The van der Waals surface area contributed by atoms with Gasteiger partial charge in [-0.3, -0.25) is 0 Å². The van der Waals surface area contributed by atoms with Gasteiger partial charge in [-0.25, -0.2) is 29.9 Å². The molecule has 7 heteroatoms. The topological polar surface area (TPSA) is 90.5 Å². The highest BCUT2D eigenvalue weighted by Crippen LogP contribution is 2.56. The summed E-state index contributed by atoms with van der Waals surface area (Å²) in [6, 6.07) is 69.3. The third-order valence-electron chi connectivity index (χ3n) is 12.8. The van der Waals surface area contributed by atoms with E-state index in [0.29, 0.717) is 34.9 Å². The Morgan fingerprint density at radius 3 is 1.14 bits per heavy atom. The van der Waals surface area contributed by atoms with Crippen LogP contribution in [-0.2, 0) is 0 Å². The number of aromatic nitrogens is 6. The number of rotatable bonds is 7. The van der Waals surface area contributed by atoms with Crippen LogP contribution in [0.15, 0.2) is 211 Å². The molecule has 0 amide bonds. The van der Waals surface area contributed by atoms with Gasteiger partial charge in [-0.2, -0.15) is 0 Å². The van der Waals surface area contributed by atoms with Crippen molar-refractivity contribution < 1.29 is 4.42 Å². The Morgan fingerprint density at radius 2 is 0.646 bits per heavy atom. The minimum atomic E-state index is 0.0182. The summed E-state index contributed by atoms with van der Waals surface area (Å²) in [4.78, 5) is 30.6. The van der Waals surface area contributed by atoms with Crippen molar-refractivity contribution in [3.8, 4) is 79.5 Å². The van der Waals surface area contributed by atoms with Crippen LogP contribution < -0.4 is 0 Å². The average Bonchev–Trinajstić information content (AvgIpc) is 3.83. The number of hydrogen-bond acceptors (Lipinski definition) is 7. The molecule has 0 spiro atoms. The van der Waals surface area contributed by atoms with Crippen LogP contribution in [0.25, 0.3) is 90.4 Å². The van der Waals surface area contributed by atoms with Gasteiger partial charge in [0.05, 0.1) is 6.26 Å². The van der Waals surface area contributed by atoms with Crippen molar-refractivity contribution >= 4 is 11.0 Å². The maximum absolute atomic E-state index is 5.93. The molecule has 14 rings (SSSR count). The fourth-order valence-corrected chi connectivity index (χ4v) is 9.81. The molecule has 11 aromatic rings. The predicted molar refractivity (Wildman–Crippen MR) is 256 cm³/mol. The SMILES string of the molecule is c1ccc(-c2nc(-c3ccccc3)nc(-c3ccc4c(c3)C3c5ccccc5C4c4cc(-c5nc(-c6ccccc6)nc(-c6cccc(-c7coc8ccccc78)c6)n5)ccc43)n2)cc1. The van der Waals surface area contributed by atoms with Crippen LogP contribution in [0.3, 0.4) is 0 Å². The number of fused-ring (bicyclic) bond motifs is 1. The first kappa shape index (κ1) is 36.9. The predicted octanol–water partition coefficient (Wildman–Crippen LogP) is 13.5. The summed E-state index contributed by atoms with van der Waals surface area (Å²) < 4.78 is 5.93. The summed E-state index contributed by atoms with van der Waals surface area (Å²) in [6.07, 6.45) is 1.83. The van der Waals surface area contributed by atoms with Crippen LogP contribution in [0.1, 0.15) is 45.2 Å². The molecule has 0 radical (unpaired) electrons. The Morgan fingerprint density at radius 1 is 0.277 bits per heavy atom. The first-order valence-electron chi connectivity index (χ1n) is 21.8. The lowest BCUT2D eigenvalue weighted by Gasteiger charge is -2.42. The zero-order chi connectivity index (χ0) is 42.8. The summed E-state index contributed by atoms with van der Waals surface area (Å²) in [5.41, 5.74) is 16.3. The molecule has 3 aliphatic carbocycles. The van der Waals surface area contributed by atoms with Crippen molar-refractivity contribution in [3.63, 3.8) is 0 Å². The van der Waals surface area contributed by atoms with Gasteiger partial charge in [0.2, 0.25) is 0 Å². The average molecular weight is 833 g/mol. The van der Waals surface area contributed by atoms with Crippen LogP contribution in [0.2, 0.25) is 0 Å². The normalized spacial score (nSPS) is 14.5. The van der Waals surface area contributed by atoms with E-state index < -0.39 is 0 Å². The lowest BCUT2D eigenvalue weighted by atomic mass is 9.61. The fraction of sp³-hybridized carbons (Fsp3) is 0.0345. The van der Waals surface area contributed by atoms with Gasteiger partial charge in [-0.05, 0) is 63.2 Å². The van der Waals surface area contributed by atoms with Crippen molar-refractivity contribution in [2.75, 3.05) is 0 Å². The van der Waals surface area contributed by atoms with Gasteiger partial charge in [-0.15, -0.1) is 0 Å². The summed E-state index contributed by atoms with van der Waals surface area (Å²) in [6.45, 7) is 0. The van der Waals surface area contributed by atoms with Crippen molar-refractivity contribution in [1.82, 2.24) is 29.9 Å². The summed E-state index contributed by atoms with van der Waals surface area (Å²) in [5, 5.41) is 1.06. The molecule has 2 unspecified atom stereocenters. The van der Waals surface area contributed by atoms with Crippen LogP contribution >= 0.6 is 0 Å². The van der Waals surface area contributed by atoms with Crippen molar-refractivity contribution in [1.29, 1.82) is 0 Å². The lowest BCUT2D eigenvalue weighted by molar-refractivity contribution is 0.617. The van der Waals surface area contributed by atoms with Gasteiger partial charge in [0.25, 0.3) is 0 Å². The van der Waals surface area contributed by atoms with E-state index in [4.69, 9.17) is 34.3 Å². The smallest absolute Gasteiger partial charge is 0.164 e. The van der Waals surface area contributed by atoms with E-state index in [0.717, 1.165) is 55.5 Å². The van der Waals surface area contributed by atoms with Gasteiger partial charge in [-0.1, -0.05) is 176 Å². The number of furan rings is 1. The highest BCUT2D eigenvalue weighted by atomic mass is 16.3. The van der Waals surface area contributed by atoms with E-state index >= 15 is 0 Å². The van der Waals surface area contributed by atoms with Crippen LogP contribution in [0.5, 0.6) is 0 Å². The number of hydrogen-bond donors (Lipinski definition) is 0. The largest absolute Gasteiger partial charge is 0.464 e. The zero-order valence-corrected chi connectivity index (χ0v) is 34.9. The van der Waals surface area contributed by atoms with Gasteiger partial charge in [0.1, 0.15) is 5.58 Å². The van der Waals surface area contributed by atoms with E-state index in [1.165, 1.54) is 33.4 Å². The summed E-state index contributed by atoms with van der Waals surface area (Å²) >= 11 is 0. The molecule has 0 saturated heterocycles. The first-order chi connectivity index (χ1) is 32.2. The molecule has 3 aromatic heterocycles. The zero-order valence-electron chi connectivity index (χ0n) is 34.9.